The monoisotopic (exact) mass is 414 g/mol. The van der Waals surface area contributed by atoms with Gasteiger partial charge in [0.1, 0.15) is 6.04 Å². The van der Waals surface area contributed by atoms with Gasteiger partial charge in [-0.2, -0.15) is 0 Å². The number of hydrogen-bond donors (Lipinski definition) is 2. The number of halogens is 2. The first kappa shape index (κ1) is 21.2. The summed E-state index contributed by atoms with van der Waals surface area (Å²) < 4.78 is 0. The van der Waals surface area contributed by atoms with Crippen molar-refractivity contribution >= 4 is 47.1 Å². The van der Waals surface area contributed by atoms with Gasteiger partial charge in [-0.05, 0) is 23.8 Å². The van der Waals surface area contributed by atoms with E-state index in [-0.39, 0.29) is 50.9 Å². The van der Waals surface area contributed by atoms with Crippen LogP contribution in [0.4, 0.5) is 0 Å². The van der Waals surface area contributed by atoms with E-state index in [2.05, 4.69) is 0 Å². The predicted molar refractivity (Wildman–Crippen MR) is 102 cm³/mol. The van der Waals surface area contributed by atoms with Gasteiger partial charge in [0.05, 0.1) is 10.0 Å². The maximum Gasteiger partial charge on any atom is 0.326 e. The van der Waals surface area contributed by atoms with Crippen molar-refractivity contribution in [2.75, 3.05) is 26.2 Å². The van der Waals surface area contributed by atoms with Crippen LogP contribution in [-0.4, -0.2) is 70.1 Å². The molecule has 1 fully saturated rings. The molecule has 7 nitrogen and oxygen atoms in total. The largest absolute Gasteiger partial charge is 0.480 e. The quantitative estimate of drug-likeness (QED) is 0.692. The number of carboxylic acids is 1. The van der Waals surface area contributed by atoms with Crippen molar-refractivity contribution in [2.45, 2.75) is 18.9 Å². The van der Waals surface area contributed by atoms with E-state index in [1.54, 1.807) is 24.3 Å². The Balaban J connectivity index is 2.04. The lowest BCUT2D eigenvalue weighted by atomic mass is 10.1. The number of rotatable bonds is 6. The zero-order chi connectivity index (χ0) is 20.0. The molecule has 2 amide bonds. The number of aliphatic hydroxyl groups excluding tert-OH is 1. The summed E-state index contributed by atoms with van der Waals surface area (Å²) in [4.78, 5) is 38.7. The first-order chi connectivity index (χ1) is 12.8. The van der Waals surface area contributed by atoms with Crippen LogP contribution in [-0.2, 0) is 14.4 Å². The molecule has 1 atom stereocenters. The van der Waals surface area contributed by atoms with Gasteiger partial charge in [-0.15, -0.1) is 0 Å². The number of amides is 2. The van der Waals surface area contributed by atoms with Gasteiger partial charge >= 0.3 is 5.97 Å². The maximum absolute atomic E-state index is 12.4. The summed E-state index contributed by atoms with van der Waals surface area (Å²) in [6, 6.07) is 3.89. The zero-order valence-corrected chi connectivity index (χ0v) is 16.0. The highest BCUT2D eigenvalue weighted by Crippen LogP contribution is 2.23. The van der Waals surface area contributed by atoms with Gasteiger partial charge in [-0.1, -0.05) is 29.3 Å². The fourth-order valence-electron chi connectivity index (χ4n) is 2.81. The molecule has 146 valence electrons. The standard InChI is InChI=1S/C18H20Cl2N2O5/c19-13-3-1-12(11-14(13)20)2-4-16(24)21-7-5-17(25)22(9-8-21)15(6-10-23)18(26)27/h1-4,11,15,23H,5-10H2,(H,26,27). The molecule has 2 N–H and O–H groups in total. The van der Waals surface area contributed by atoms with Crippen LogP contribution in [0.1, 0.15) is 18.4 Å². The van der Waals surface area contributed by atoms with E-state index in [0.29, 0.717) is 15.6 Å². The van der Waals surface area contributed by atoms with E-state index in [1.165, 1.54) is 15.9 Å². The maximum atomic E-state index is 12.4. The third-order valence-electron chi connectivity index (χ3n) is 4.26. The second-order valence-corrected chi connectivity index (χ2v) is 6.85. The Labute approximate surface area is 166 Å². The number of carbonyl (C=O) groups excluding carboxylic acids is 2. The first-order valence-electron chi connectivity index (χ1n) is 8.38. The minimum atomic E-state index is -1.17. The van der Waals surface area contributed by atoms with Gasteiger partial charge in [0.2, 0.25) is 11.8 Å². The van der Waals surface area contributed by atoms with Crippen LogP contribution in [0.2, 0.25) is 10.0 Å². The second kappa shape index (κ2) is 9.73. The average molecular weight is 415 g/mol. The van der Waals surface area contributed by atoms with E-state index < -0.39 is 12.0 Å². The Morgan fingerprint density at radius 3 is 2.56 bits per heavy atom. The molecule has 0 aromatic heterocycles. The fourth-order valence-corrected chi connectivity index (χ4v) is 3.12. The molecule has 0 spiro atoms. The topological polar surface area (TPSA) is 98.2 Å². The van der Waals surface area contributed by atoms with Crippen LogP contribution in [0.25, 0.3) is 6.08 Å². The Morgan fingerprint density at radius 1 is 1.19 bits per heavy atom. The van der Waals surface area contributed by atoms with Crippen LogP contribution in [0.3, 0.4) is 0 Å². The number of carboxylic acid groups (broad SMARTS) is 1. The van der Waals surface area contributed by atoms with Gasteiger partial charge in [0.25, 0.3) is 0 Å². The highest BCUT2D eigenvalue weighted by molar-refractivity contribution is 6.42. The summed E-state index contributed by atoms with van der Waals surface area (Å²) in [5.74, 6) is -1.80. The average Bonchev–Trinajstić information content (AvgIpc) is 2.82. The van der Waals surface area contributed by atoms with E-state index >= 15 is 0 Å². The van der Waals surface area contributed by atoms with Crippen LogP contribution in [0, 0.1) is 0 Å². The normalized spacial score (nSPS) is 16.5. The molecule has 1 aromatic carbocycles. The summed E-state index contributed by atoms with van der Waals surface area (Å²) in [5, 5.41) is 19.1. The fraction of sp³-hybridized carbons (Fsp3) is 0.389. The molecule has 0 saturated carbocycles. The second-order valence-electron chi connectivity index (χ2n) is 6.04. The molecule has 1 aromatic rings. The van der Waals surface area contributed by atoms with Gasteiger partial charge in [-0.25, -0.2) is 4.79 Å². The Kier molecular flexibility index (Phi) is 7.65. The van der Waals surface area contributed by atoms with Crippen LogP contribution >= 0.6 is 23.2 Å². The SMILES string of the molecule is O=C(O)C(CCO)N1CCN(C(=O)C=Cc2ccc(Cl)c(Cl)c2)CCC1=O. The van der Waals surface area contributed by atoms with Crippen LogP contribution in [0.15, 0.2) is 24.3 Å². The van der Waals surface area contributed by atoms with E-state index in [4.69, 9.17) is 28.3 Å². The molecule has 0 radical (unpaired) electrons. The number of aliphatic carboxylic acids is 1. The summed E-state index contributed by atoms with van der Waals surface area (Å²) in [6.45, 7) is 0.175. The number of carbonyl (C=O) groups is 3. The minimum absolute atomic E-state index is 0.0293. The lowest BCUT2D eigenvalue weighted by Crippen LogP contribution is -2.46. The molecule has 1 aliphatic rings. The molecule has 0 bridgehead atoms. The predicted octanol–water partition coefficient (Wildman–Crippen LogP) is 1.90. The molecular formula is C18H20Cl2N2O5. The van der Waals surface area contributed by atoms with E-state index in [0.717, 1.165) is 0 Å². The Morgan fingerprint density at radius 2 is 1.93 bits per heavy atom. The van der Waals surface area contributed by atoms with Crippen molar-refractivity contribution < 1.29 is 24.6 Å². The van der Waals surface area contributed by atoms with Gasteiger partial charge in [0, 0.05) is 45.2 Å². The van der Waals surface area contributed by atoms with Gasteiger partial charge in [-0.3, -0.25) is 9.59 Å². The van der Waals surface area contributed by atoms with Crippen molar-refractivity contribution in [1.82, 2.24) is 9.80 Å². The summed E-state index contributed by atoms with van der Waals surface area (Å²) in [6.07, 6.45) is 2.96. The number of nitrogens with zero attached hydrogens (tertiary/aromatic N) is 2. The highest BCUT2D eigenvalue weighted by atomic mass is 35.5. The number of aliphatic hydroxyl groups is 1. The summed E-state index contributed by atoms with van der Waals surface area (Å²) in [5.41, 5.74) is 0.708. The first-order valence-corrected chi connectivity index (χ1v) is 9.14. The summed E-state index contributed by atoms with van der Waals surface area (Å²) >= 11 is 11.8. The van der Waals surface area contributed by atoms with Crippen molar-refractivity contribution in [2.24, 2.45) is 0 Å². The van der Waals surface area contributed by atoms with Crippen molar-refractivity contribution in [3.05, 3.63) is 39.9 Å². The molecule has 1 aliphatic heterocycles. The third-order valence-corrected chi connectivity index (χ3v) is 5.00. The zero-order valence-electron chi connectivity index (χ0n) is 14.5. The van der Waals surface area contributed by atoms with Crippen molar-refractivity contribution in [3.8, 4) is 0 Å². The molecular weight excluding hydrogens is 395 g/mol. The van der Waals surface area contributed by atoms with E-state index in [9.17, 15) is 19.5 Å². The van der Waals surface area contributed by atoms with Crippen molar-refractivity contribution in [1.29, 1.82) is 0 Å². The van der Waals surface area contributed by atoms with Crippen molar-refractivity contribution in [3.63, 3.8) is 0 Å². The Bertz CT molecular complexity index is 753. The smallest absolute Gasteiger partial charge is 0.326 e. The molecule has 1 unspecified atom stereocenters. The molecule has 9 heteroatoms. The summed E-state index contributed by atoms with van der Waals surface area (Å²) in [7, 11) is 0. The number of benzene rings is 1. The molecule has 2 rings (SSSR count). The van der Waals surface area contributed by atoms with Crippen LogP contribution < -0.4 is 0 Å². The lowest BCUT2D eigenvalue weighted by molar-refractivity contribution is -0.150. The Hall–Kier alpha value is -2.09. The van der Waals surface area contributed by atoms with E-state index in [1.807, 2.05) is 0 Å². The van der Waals surface area contributed by atoms with Gasteiger partial charge < -0.3 is 20.0 Å². The molecule has 0 aliphatic carbocycles. The highest BCUT2D eigenvalue weighted by Gasteiger charge is 2.32. The van der Waals surface area contributed by atoms with Crippen LogP contribution in [0.5, 0.6) is 0 Å². The minimum Gasteiger partial charge on any atom is -0.480 e. The molecule has 27 heavy (non-hydrogen) atoms. The molecule has 1 heterocycles. The molecule has 1 saturated heterocycles. The third kappa shape index (κ3) is 5.69. The lowest BCUT2D eigenvalue weighted by Gasteiger charge is -2.27. The van der Waals surface area contributed by atoms with Gasteiger partial charge in [0.15, 0.2) is 0 Å². The number of hydrogen-bond acceptors (Lipinski definition) is 4.